The summed E-state index contributed by atoms with van der Waals surface area (Å²) in [5.74, 6) is 0.771. The molecule has 26 heavy (non-hydrogen) atoms. The summed E-state index contributed by atoms with van der Waals surface area (Å²) in [7, 11) is -0.331. The summed E-state index contributed by atoms with van der Waals surface area (Å²) in [6, 6.07) is 16.6. The van der Waals surface area contributed by atoms with Crippen molar-refractivity contribution in [2.75, 3.05) is 0 Å². The third kappa shape index (κ3) is 2.98. The van der Waals surface area contributed by atoms with Crippen LogP contribution in [0.3, 0.4) is 0 Å². The van der Waals surface area contributed by atoms with Crippen LogP contribution in [0.5, 0.6) is 0 Å². The number of rotatable bonds is 3. The average molecular weight is 347 g/mol. The van der Waals surface area contributed by atoms with Crippen LogP contribution >= 0.6 is 0 Å². The van der Waals surface area contributed by atoms with Gasteiger partial charge in [0.25, 0.3) is 0 Å². The van der Waals surface area contributed by atoms with Gasteiger partial charge in [0.15, 0.2) is 12.2 Å². The second-order valence-electron chi connectivity index (χ2n) is 7.65. The lowest BCUT2D eigenvalue weighted by molar-refractivity contribution is 0.00578. The summed E-state index contributed by atoms with van der Waals surface area (Å²) in [6.45, 7) is 8.27. The first-order valence-electron chi connectivity index (χ1n) is 8.81. The quantitative estimate of drug-likeness (QED) is 0.663. The first kappa shape index (κ1) is 17.1. The van der Waals surface area contributed by atoms with Gasteiger partial charge in [0, 0.05) is 5.56 Å². The Bertz CT molecular complexity index is 868. The Morgan fingerprint density at radius 3 is 1.73 bits per heavy atom. The van der Waals surface area contributed by atoms with Gasteiger partial charge in [0.1, 0.15) is 0 Å². The highest BCUT2D eigenvalue weighted by molar-refractivity contribution is 6.62. The molecule has 1 aliphatic rings. The Labute approximate surface area is 154 Å². The fourth-order valence-electron chi connectivity index (χ4n) is 3.00. The van der Waals surface area contributed by atoms with E-state index in [0.29, 0.717) is 0 Å². The first-order chi connectivity index (χ1) is 12.4. The van der Waals surface area contributed by atoms with Crippen LogP contribution in [-0.4, -0.2) is 23.3 Å². The molecule has 0 aliphatic carbocycles. The van der Waals surface area contributed by atoms with Crippen LogP contribution in [0.4, 0.5) is 0 Å². The van der Waals surface area contributed by atoms with Gasteiger partial charge in [-0.15, -0.1) is 0 Å². The molecule has 5 heteroatoms. The fourth-order valence-corrected chi connectivity index (χ4v) is 3.00. The molecule has 1 aromatic heterocycles. The summed E-state index contributed by atoms with van der Waals surface area (Å²) in [4.78, 5) is 3.96. The second-order valence-corrected chi connectivity index (χ2v) is 7.65. The van der Waals surface area contributed by atoms with Crippen LogP contribution in [-0.2, 0) is 9.31 Å². The first-order valence-corrected chi connectivity index (χ1v) is 8.81. The maximum Gasteiger partial charge on any atom is 0.494 e. The lowest BCUT2D eigenvalue weighted by atomic mass is 9.78. The van der Waals surface area contributed by atoms with Crippen LogP contribution in [0.1, 0.15) is 27.7 Å². The molecule has 2 heterocycles. The molecule has 3 aromatic rings. The van der Waals surface area contributed by atoms with Gasteiger partial charge in [0.2, 0.25) is 0 Å². The molecule has 0 unspecified atom stereocenters. The molecule has 132 valence electrons. The summed E-state index contributed by atoms with van der Waals surface area (Å²) in [5, 5.41) is 0. The minimum absolute atomic E-state index is 0.327. The SMILES string of the molecule is CC1(C)OB(c2ccc(-c3ccc(-c4cnco4)cc3)cc2)OC1(C)C. The van der Waals surface area contributed by atoms with Gasteiger partial charge in [-0.1, -0.05) is 48.5 Å². The van der Waals surface area contributed by atoms with Crippen LogP contribution < -0.4 is 5.46 Å². The molecular weight excluding hydrogens is 325 g/mol. The molecule has 0 bridgehead atoms. The Morgan fingerprint density at radius 1 is 0.731 bits per heavy atom. The third-order valence-electron chi connectivity index (χ3n) is 5.37. The maximum atomic E-state index is 6.11. The Balaban J connectivity index is 1.53. The maximum absolute atomic E-state index is 6.11. The van der Waals surface area contributed by atoms with E-state index in [9.17, 15) is 0 Å². The molecule has 1 fully saturated rings. The molecular formula is C21H22BNO3. The molecule has 4 rings (SSSR count). The predicted octanol–water partition coefficient (Wildman–Crippen LogP) is 4.31. The highest BCUT2D eigenvalue weighted by Gasteiger charge is 2.51. The van der Waals surface area contributed by atoms with Crippen molar-refractivity contribution in [3.63, 3.8) is 0 Å². The molecule has 2 aromatic carbocycles. The van der Waals surface area contributed by atoms with Crippen LogP contribution in [0, 0.1) is 0 Å². The molecule has 1 aliphatic heterocycles. The average Bonchev–Trinajstić information content (AvgIpc) is 3.22. The number of nitrogens with zero attached hydrogens (tertiary/aromatic N) is 1. The Hall–Kier alpha value is -2.37. The van der Waals surface area contributed by atoms with Crippen molar-refractivity contribution in [1.82, 2.24) is 4.98 Å². The van der Waals surface area contributed by atoms with Crippen LogP contribution in [0.15, 0.2) is 65.5 Å². The van der Waals surface area contributed by atoms with Gasteiger partial charge < -0.3 is 13.7 Å². The zero-order chi connectivity index (χ0) is 18.4. The minimum Gasteiger partial charge on any atom is -0.444 e. The summed E-state index contributed by atoms with van der Waals surface area (Å²) in [6.07, 6.45) is 3.16. The molecule has 1 saturated heterocycles. The van der Waals surface area contributed by atoms with Gasteiger partial charge in [-0.05, 0) is 44.3 Å². The summed E-state index contributed by atoms with van der Waals surface area (Å²) < 4.78 is 17.6. The van der Waals surface area contributed by atoms with E-state index in [4.69, 9.17) is 13.7 Å². The van der Waals surface area contributed by atoms with E-state index in [0.717, 1.165) is 27.9 Å². The molecule has 0 radical (unpaired) electrons. The topological polar surface area (TPSA) is 44.5 Å². The van der Waals surface area contributed by atoms with Crippen molar-refractivity contribution < 1.29 is 13.7 Å². The van der Waals surface area contributed by atoms with E-state index in [1.54, 1.807) is 6.20 Å². The van der Waals surface area contributed by atoms with Crippen LogP contribution in [0.2, 0.25) is 0 Å². The van der Waals surface area contributed by atoms with Gasteiger partial charge in [-0.25, -0.2) is 4.98 Å². The number of hydrogen-bond acceptors (Lipinski definition) is 4. The highest BCUT2D eigenvalue weighted by Crippen LogP contribution is 2.36. The van der Waals surface area contributed by atoms with Gasteiger partial charge >= 0.3 is 7.12 Å². The van der Waals surface area contributed by atoms with Crippen molar-refractivity contribution in [2.45, 2.75) is 38.9 Å². The predicted molar refractivity (Wildman–Crippen MR) is 103 cm³/mol. The largest absolute Gasteiger partial charge is 0.494 e. The van der Waals surface area contributed by atoms with E-state index >= 15 is 0 Å². The lowest BCUT2D eigenvalue weighted by Crippen LogP contribution is -2.41. The lowest BCUT2D eigenvalue weighted by Gasteiger charge is -2.32. The Morgan fingerprint density at radius 2 is 1.23 bits per heavy atom. The summed E-state index contributed by atoms with van der Waals surface area (Å²) in [5.41, 5.74) is 3.69. The van der Waals surface area contributed by atoms with E-state index in [1.165, 1.54) is 6.39 Å². The second kappa shape index (κ2) is 6.11. The Kier molecular flexibility index (Phi) is 4.01. The van der Waals surface area contributed by atoms with Crippen molar-refractivity contribution >= 4 is 12.6 Å². The zero-order valence-electron chi connectivity index (χ0n) is 15.5. The standard InChI is InChI=1S/C21H22BNO3/c1-20(2)21(3,4)26-22(25-20)18-11-9-16(10-12-18)15-5-7-17(8-6-15)19-13-23-14-24-19/h5-14H,1-4H3. The van der Waals surface area contributed by atoms with E-state index < -0.39 is 0 Å². The van der Waals surface area contributed by atoms with Gasteiger partial charge in [0.05, 0.1) is 17.4 Å². The van der Waals surface area contributed by atoms with E-state index in [-0.39, 0.29) is 18.3 Å². The van der Waals surface area contributed by atoms with Crippen molar-refractivity contribution in [3.8, 4) is 22.5 Å². The molecule has 4 nitrogen and oxygen atoms in total. The van der Waals surface area contributed by atoms with Gasteiger partial charge in [-0.2, -0.15) is 0 Å². The third-order valence-corrected chi connectivity index (χ3v) is 5.37. The van der Waals surface area contributed by atoms with Crippen molar-refractivity contribution in [2.24, 2.45) is 0 Å². The van der Waals surface area contributed by atoms with E-state index in [1.807, 2.05) is 12.1 Å². The number of benzene rings is 2. The number of oxazole rings is 1. The number of aromatic nitrogens is 1. The smallest absolute Gasteiger partial charge is 0.444 e. The fraction of sp³-hybridized carbons (Fsp3) is 0.286. The van der Waals surface area contributed by atoms with Crippen molar-refractivity contribution in [3.05, 3.63) is 61.1 Å². The van der Waals surface area contributed by atoms with Gasteiger partial charge in [-0.3, -0.25) is 0 Å². The normalized spacial score (nSPS) is 18.2. The molecule has 0 amide bonds. The number of hydrogen-bond donors (Lipinski definition) is 0. The van der Waals surface area contributed by atoms with E-state index in [2.05, 4.69) is 69.1 Å². The monoisotopic (exact) mass is 347 g/mol. The molecule has 0 atom stereocenters. The molecule has 0 N–H and O–H groups in total. The molecule has 0 saturated carbocycles. The summed E-state index contributed by atoms with van der Waals surface area (Å²) >= 11 is 0. The highest BCUT2D eigenvalue weighted by atomic mass is 16.7. The van der Waals surface area contributed by atoms with Crippen molar-refractivity contribution in [1.29, 1.82) is 0 Å². The minimum atomic E-state index is -0.331. The van der Waals surface area contributed by atoms with Crippen LogP contribution in [0.25, 0.3) is 22.5 Å². The zero-order valence-corrected chi connectivity index (χ0v) is 15.5. The molecule has 0 spiro atoms.